The fourth-order valence-electron chi connectivity index (χ4n) is 4.74. The first-order valence-electron chi connectivity index (χ1n) is 11.5. The predicted molar refractivity (Wildman–Crippen MR) is 122 cm³/mol. The summed E-state index contributed by atoms with van der Waals surface area (Å²) < 4.78 is 12.2. The predicted octanol–water partition coefficient (Wildman–Crippen LogP) is 4.76. The smallest absolute Gasteiger partial charge is 0.317 e. The lowest BCUT2D eigenvalue weighted by atomic mass is 9.78. The van der Waals surface area contributed by atoms with Crippen molar-refractivity contribution in [1.29, 1.82) is 0 Å². The van der Waals surface area contributed by atoms with Gasteiger partial charge in [0.2, 0.25) is 0 Å². The summed E-state index contributed by atoms with van der Waals surface area (Å²) in [7, 11) is 0. The Morgan fingerprint density at radius 1 is 1.03 bits per heavy atom. The summed E-state index contributed by atoms with van der Waals surface area (Å²) in [6.07, 6.45) is 5.12. The molecule has 31 heavy (non-hydrogen) atoms. The highest BCUT2D eigenvalue weighted by Gasteiger charge is 2.40. The largest absolute Gasteiger partial charge is 0.377 e. The van der Waals surface area contributed by atoms with Crippen LogP contribution in [0.1, 0.15) is 43.2 Å². The van der Waals surface area contributed by atoms with Gasteiger partial charge in [0.1, 0.15) is 0 Å². The van der Waals surface area contributed by atoms with E-state index < -0.39 is 0 Å². The molecule has 2 saturated heterocycles. The normalized spacial score (nSPS) is 20.5. The second-order valence-electron chi connectivity index (χ2n) is 8.85. The first-order valence-corrected chi connectivity index (χ1v) is 11.5. The number of rotatable bonds is 7. The van der Waals surface area contributed by atoms with Gasteiger partial charge in [-0.2, -0.15) is 0 Å². The van der Waals surface area contributed by atoms with Crippen LogP contribution in [0.25, 0.3) is 0 Å². The van der Waals surface area contributed by atoms with E-state index in [0.717, 1.165) is 64.0 Å². The van der Waals surface area contributed by atoms with Crippen molar-refractivity contribution >= 4 is 6.03 Å². The summed E-state index contributed by atoms with van der Waals surface area (Å²) in [4.78, 5) is 14.5. The molecule has 2 amide bonds. The summed E-state index contributed by atoms with van der Waals surface area (Å²) in [5, 5.41) is 3.05. The highest BCUT2D eigenvalue weighted by Crippen LogP contribution is 2.38. The summed E-state index contributed by atoms with van der Waals surface area (Å²) in [5.74, 6) is 0.642. The summed E-state index contributed by atoms with van der Waals surface area (Å²) in [5.41, 5.74) is 2.29. The molecule has 2 aliphatic heterocycles. The van der Waals surface area contributed by atoms with Crippen molar-refractivity contribution in [2.24, 2.45) is 5.92 Å². The Kier molecular flexibility index (Phi) is 7.60. The zero-order valence-electron chi connectivity index (χ0n) is 18.3. The molecule has 2 heterocycles. The van der Waals surface area contributed by atoms with Crippen molar-refractivity contribution in [3.05, 3.63) is 71.8 Å². The van der Waals surface area contributed by atoms with E-state index >= 15 is 0 Å². The minimum Gasteiger partial charge on any atom is -0.377 e. The molecule has 1 unspecified atom stereocenters. The molecule has 0 aromatic heterocycles. The molecule has 1 N–H and O–H groups in total. The molecule has 1 spiro atoms. The average Bonchev–Trinajstić information content (AvgIpc) is 2.82. The fourth-order valence-corrected chi connectivity index (χ4v) is 4.74. The van der Waals surface area contributed by atoms with Crippen molar-refractivity contribution in [3.8, 4) is 0 Å². The quantitative estimate of drug-likeness (QED) is 0.654. The number of amides is 2. The highest BCUT2D eigenvalue weighted by molar-refractivity contribution is 5.74. The van der Waals surface area contributed by atoms with E-state index in [9.17, 15) is 4.79 Å². The molecular weight excluding hydrogens is 388 g/mol. The van der Waals surface area contributed by atoms with Gasteiger partial charge in [-0.1, -0.05) is 60.7 Å². The average molecular weight is 423 g/mol. The number of urea groups is 1. The molecular formula is C26H34N2O3. The standard InChI is InChI=1S/C26H34N2O3/c29-25(27-20-23-7-3-1-4-8-23)28-15-13-26(14-16-28)19-22(12-18-31-26)11-17-30-21-24-9-5-2-6-10-24/h1-10,22H,11-21H2,(H,27,29). The van der Waals surface area contributed by atoms with E-state index in [1.165, 1.54) is 5.56 Å². The number of benzene rings is 2. The molecule has 4 rings (SSSR count). The molecule has 2 fully saturated rings. The summed E-state index contributed by atoms with van der Waals surface area (Å²) >= 11 is 0. The van der Waals surface area contributed by atoms with Crippen molar-refractivity contribution in [3.63, 3.8) is 0 Å². The monoisotopic (exact) mass is 422 g/mol. The van der Waals surface area contributed by atoms with Crippen molar-refractivity contribution in [2.75, 3.05) is 26.3 Å². The van der Waals surface area contributed by atoms with Crippen molar-refractivity contribution in [2.45, 2.75) is 50.9 Å². The van der Waals surface area contributed by atoms with Gasteiger partial charge in [-0.3, -0.25) is 0 Å². The van der Waals surface area contributed by atoms with E-state index in [4.69, 9.17) is 9.47 Å². The topological polar surface area (TPSA) is 50.8 Å². The Hall–Kier alpha value is -2.37. The number of piperidine rings is 1. The Bertz CT molecular complexity index is 804. The van der Waals surface area contributed by atoms with Gasteiger partial charge in [0.15, 0.2) is 0 Å². The Labute approximate surface area is 185 Å². The first-order chi connectivity index (χ1) is 15.2. The lowest BCUT2D eigenvalue weighted by molar-refractivity contribution is -0.125. The molecule has 2 aromatic rings. The minimum absolute atomic E-state index is 0.0281. The molecule has 0 radical (unpaired) electrons. The van der Waals surface area contributed by atoms with Crippen LogP contribution in [0, 0.1) is 5.92 Å². The van der Waals surface area contributed by atoms with Gasteiger partial charge in [0.05, 0.1) is 12.2 Å². The van der Waals surface area contributed by atoms with E-state index in [0.29, 0.717) is 19.1 Å². The van der Waals surface area contributed by atoms with Gasteiger partial charge in [-0.15, -0.1) is 0 Å². The van der Waals surface area contributed by atoms with Gasteiger partial charge in [0, 0.05) is 32.8 Å². The molecule has 5 nitrogen and oxygen atoms in total. The van der Waals surface area contributed by atoms with E-state index in [-0.39, 0.29) is 11.6 Å². The van der Waals surface area contributed by atoms with Gasteiger partial charge in [-0.25, -0.2) is 4.79 Å². The third-order valence-electron chi connectivity index (χ3n) is 6.63. The van der Waals surface area contributed by atoms with Crippen LogP contribution in [0.15, 0.2) is 60.7 Å². The van der Waals surface area contributed by atoms with Gasteiger partial charge < -0.3 is 19.7 Å². The minimum atomic E-state index is -0.0570. The lowest BCUT2D eigenvalue weighted by Crippen LogP contribution is -2.52. The number of nitrogens with zero attached hydrogens (tertiary/aromatic N) is 1. The second kappa shape index (κ2) is 10.8. The van der Waals surface area contributed by atoms with Crippen LogP contribution >= 0.6 is 0 Å². The van der Waals surface area contributed by atoms with E-state index in [1.807, 2.05) is 41.3 Å². The number of hydrogen-bond donors (Lipinski definition) is 1. The summed E-state index contributed by atoms with van der Waals surface area (Å²) in [6.45, 7) is 4.40. The van der Waals surface area contributed by atoms with E-state index in [2.05, 4.69) is 29.6 Å². The van der Waals surface area contributed by atoms with Gasteiger partial charge in [0.25, 0.3) is 0 Å². The SMILES string of the molecule is O=C(NCc1ccccc1)N1CCC2(CC1)CC(CCOCc1ccccc1)CCO2. The maximum atomic E-state index is 12.6. The number of carbonyl (C=O) groups excluding carboxylic acids is 1. The number of likely N-dealkylation sites (tertiary alicyclic amines) is 1. The molecule has 0 aliphatic carbocycles. The van der Waals surface area contributed by atoms with Crippen molar-refractivity contribution in [1.82, 2.24) is 10.2 Å². The third-order valence-corrected chi connectivity index (χ3v) is 6.63. The van der Waals surface area contributed by atoms with Crippen LogP contribution in [0.4, 0.5) is 4.79 Å². The Balaban J connectivity index is 1.17. The molecule has 1 atom stereocenters. The molecule has 0 bridgehead atoms. The number of ether oxygens (including phenoxy) is 2. The third kappa shape index (κ3) is 6.31. The van der Waals surface area contributed by atoms with Gasteiger partial charge >= 0.3 is 6.03 Å². The molecule has 2 aromatic carbocycles. The van der Waals surface area contributed by atoms with Crippen LogP contribution < -0.4 is 5.32 Å². The number of hydrogen-bond acceptors (Lipinski definition) is 3. The van der Waals surface area contributed by atoms with Crippen LogP contribution in [0.5, 0.6) is 0 Å². The Morgan fingerprint density at radius 2 is 1.71 bits per heavy atom. The zero-order valence-corrected chi connectivity index (χ0v) is 18.3. The van der Waals surface area contributed by atoms with Crippen LogP contribution in [-0.2, 0) is 22.6 Å². The van der Waals surface area contributed by atoms with Gasteiger partial charge in [-0.05, 0) is 49.1 Å². The highest BCUT2D eigenvalue weighted by atomic mass is 16.5. The van der Waals surface area contributed by atoms with Crippen LogP contribution in [-0.4, -0.2) is 42.8 Å². The maximum absolute atomic E-state index is 12.6. The summed E-state index contributed by atoms with van der Waals surface area (Å²) in [6, 6.07) is 20.4. The van der Waals surface area contributed by atoms with Crippen LogP contribution in [0.2, 0.25) is 0 Å². The maximum Gasteiger partial charge on any atom is 0.317 e. The number of carbonyl (C=O) groups is 1. The van der Waals surface area contributed by atoms with Crippen LogP contribution in [0.3, 0.4) is 0 Å². The fraction of sp³-hybridized carbons (Fsp3) is 0.500. The molecule has 166 valence electrons. The second-order valence-corrected chi connectivity index (χ2v) is 8.85. The molecule has 0 saturated carbocycles. The molecule has 2 aliphatic rings. The number of nitrogens with one attached hydrogen (secondary N) is 1. The van der Waals surface area contributed by atoms with E-state index in [1.54, 1.807) is 0 Å². The molecule has 5 heteroatoms. The first kappa shape index (κ1) is 21.8. The van der Waals surface area contributed by atoms with Crippen molar-refractivity contribution < 1.29 is 14.3 Å². The zero-order chi connectivity index (χ0) is 21.4. The lowest BCUT2D eigenvalue weighted by Gasteiger charge is -2.46. The Morgan fingerprint density at radius 3 is 2.42 bits per heavy atom.